The Kier molecular flexibility index (Phi) is 3.72. The largest absolute Gasteiger partial charge is 0.326 e. The highest BCUT2D eigenvalue weighted by Gasteiger charge is 2.30. The third-order valence-corrected chi connectivity index (χ3v) is 4.67. The van der Waals surface area contributed by atoms with Crippen molar-refractivity contribution in [3.05, 3.63) is 40.7 Å². The Morgan fingerprint density at radius 3 is 2.75 bits per heavy atom. The Bertz CT molecular complexity index is 607. The summed E-state index contributed by atoms with van der Waals surface area (Å²) < 4.78 is 14.0. The first-order valence-electron chi connectivity index (χ1n) is 6.96. The molecule has 2 N–H and O–H groups in total. The predicted molar refractivity (Wildman–Crippen MR) is 81.1 cm³/mol. The first-order valence-corrected chi connectivity index (χ1v) is 7.78. The molecule has 1 aromatic heterocycles. The Balaban J connectivity index is 1.99. The number of nitrogens with two attached hydrogens (primary N) is 1. The number of para-hydroxylation sites is 1. The number of hydrogen-bond acceptors (Lipinski definition) is 4. The molecule has 0 atom stereocenters. The third-order valence-electron chi connectivity index (χ3n) is 3.56. The zero-order valence-corrected chi connectivity index (χ0v) is 12.3. The molecule has 5 heteroatoms. The van der Waals surface area contributed by atoms with E-state index in [1.54, 1.807) is 23.5 Å². The topological polar surface area (TPSA) is 42.2 Å². The van der Waals surface area contributed by atoms with Gasteiger partial charge in [0.1, 0.15) is 5.82 Å². The number of hydrogen-bond donors (Lipinski definition) is 1. The fraction of sp³-hybridized carbons (Fsp3) is 0.400. The highest BCUT2D eigenvalue weighted by molar-refractivity contribution is 7.15. The summed E-state index contributed by atoms with van der Waals surface area (Å²) in [4.78, 5) is 7.79. The van der Waals surface area contributed by atoms with Crippen LogP contribution in [0.25, 0.3) is 0 Å². The first kappa shape index (κ1) is 13.5. The lowest BCUT2D eigenvalue weighted by molar-refractivity contribution is 0.625. The summed E-state index contributed by atoms with van der Waals surface area (Å²) in [6.45, 7) is 3.20. The van der Waals surface area contributed by atoms with Gasteiger partial charge < -0.3 is 10.6 Å². The standard InChI is InChI=1S/C15H18FN3S/c1-2-19(12-6-4-3-5-11(12)16)15-18-14(10-7-8-10)13(9-17)20-15/h3-6,10H,2,7-9,17H2,1H3. The van der Waals surface area contributed by atoms with Crippen molar-refractivity contribution in [1.29, 1.82) is 0 Å². The lowest BCUT2D eigenvalue weighted by Gasteiger charge is -2.20. The molecule has 20 heavy (non-hydrogen) atoms. The van der Waals surface area contributed by atoms with Crippen LogP contribution in [-0.4, -0.2) is 11.5 Å². The van der Waals surface area contributed by atoms with Crippen molar-refractivity contribution in [3.63, 3.8) is 0 Å². The van der Waals surface area contributed by atoms with Crippen LogP contribution >= 0.6 is 11.3 Å². The van der Waals surface area contributed by atoms with Crippen molar-refractivity contribution in [2.24, 2.45) is 5.73 Å². The van der Waals surface area contributed by atoms with Crippen LogP contribution in [0.3, 0.4) is 0 Å². The van der Waals surface area contributed by atoms with Crippen LogP contribution < -0.4 is 10.6 Å². The van der Waals surface area contributed by atoms with Gasteiger partial charge in [-0.15, -0.1) is 0 Å². The molecule has 3 nitrogen and oxygen atoms in total. The van der Waals surface area contributed by atoms with Gasteiger partial charge in [-0.3, -0.25) is 0 Å². The van der Waals surface area contributed by atoms with Gasteiger partial charge in [0.2, 0.25) is 0 Å². The van der Waals surface area contributed by atoms with Crippen LogP contribution in [0.4, 0.5) is 15.2 Å². The molecular formula is C15H18FN3S. The van der Waals surface area contributed by atoms with Gasteiger partial charge >= 0.3 is 0 Å². The van der Waals surface area contributed by atoms with Gasteiger partial charge in [-0.05, 0) is 31.9 Å². The van der Waals surface area contributed by atoms with Gasteiger partial charge in [-0.1, -0.05) is 23.5 Å². The molecule has 0 aliphatic heterocycles. The van der Waals surface area contributed by atoms with E-state index >= 15 is 0 Å². The van der Waals surface area contributed by atoms with Gasteiger partial charge in [0.25, 0.3) is 0 Å². The summed E-state index contributed by atoms with van der Waals surface area (Å²) in [7, 11) is 0. The molecule has 1 saturated carbocycles. The van der Waals surface area contributed by atoms with Crippen molar-refractivity contribution in [1.82, 2.24) is 4.98 Å². The summed E-state index contributed by atoms with van der Waals surface area (Å²) >= 11 is 1.59. The molecule has 1 fully saturated rings. The van der Waals surface area contributed by atoms with Crippen LogP contribution in [0.1, 0.15) is 36.3 Å². The molecule has 0 unspecified atom stereocenters. The van der Waals surface area contributed by atoms with Crippen molar-refractivity contribution in [2.45, 2.75) is 32.2 Å². The van der Waals surface area contributed by atoms with Crippen molar-refractivity contribution >= 4 is 22.2 Å². The molecule has 1 aromatic carbocycles. The summed E-state index contributed by atoms with van der Waals surface area (Å²) in [5.74, 6) is 0.352. The van der Waals surface area contributed by atoms with Gasteiger partial charge in [0.05, 0.1) is 11.4 Å². The molecule has 2 aromatic rings. The Morgan fingerprint density at radius 1 is 1.40 bits per heavy atom. The Labute approximate surface area is 122 Å². The van der Waals surface area contributed by atoms with E-state index in [9.17, 15) is 4.39 Å². The van der Waals surface area contributed by atoms with E-state index in [1.165, 1.54) is 18.9 Å². The Hall–Kier alpha value is -1.46. The molecular weight excluding hydrogens is 273 g/mol. The first-order chi connectivity index (χ1) is 9.74. The van der Waals surface area contributed by atoms with Gasteiger partial charge in [0, 0.05) is 23.9 Å². The fourth-order valence-corrected chi connectivity index (χ4v) is 3.47. The summed E-state index contributed by atoms with van der Waals surface area (Å²) in [5.41, 5.74) is 7.52. The minimum atomic E-state index is -0.216. The van der Waals surface area contributed by atoms with E-state index in [0.29, 0.717) is 24.7 Å². The molecule has 0 saturated heterocycles. The van der Waals surface area contributed by atoms with E-state index in [4.69, 9.17) is 10.7 Å². The second-order valence-corrected chi connectivity index (χ2v) is 6.04. The fourth-order valence-electron chi connectivity index (χ4n) is 2.37. The summed E-state index contributed by atoms with van der Waals surface area (Å²) in [6.07, 6.45) is 2.39. The highest BCUT2D eigenvalue weighted by atomic mass is 32.1. The monoisotopic (exact) mass is 291 g/mol. The smallest absolute Gasteiger partial charge is 0.190 e. The van der Waals surface area contributed by atoms with Crippen LogP contribution in [0.15, 0.2) is 24.3 Å². The molecule has 0 radical (unpaired) electrons. The third kappa shape index (κ3) is 2.43. The maximum Gasteiger partial charge on any atom is 0.190 e. The van der Waals surface area contributed by atoms with E-state index in [2.05, 4.69) is 0 Å². The SMILES string of the molecule is CCN(c1nc(C2CC2)c(CN)s1)c1ccccc1F. The maximum absolute atomic E-state index is 14.0. The molecule has 0 bridgehead atoms. The average Bonchev–Trinajstić information content (AvgIpc) is 3.22. The van der Waals surface area contributed by atoms with Crippen LogP contribution in [-0.2, 0) is 6.54 Å². The second kappa shape index (κ2) is 5.50. The van der Waals surface area contributed by atoms with Crippen molar-refractivity contribution < 1.29 is 4.39 Å². The van der Waals surface area contributed by atoms with E-state index in [0.717, 1.165) is 15.7 Å². The number of nitrogens with zero attached hydrogens (tertiary/aromatic N) is 2. The molecule has 106 valence electrons. The zero-order chi connectivity index (χ0) is 14.1. The van der Waals surface area contributed by atoms with Crippen molar-refractivity contribution in [3.8, 4) is 0 Å². The maximum atomic E-state index is 14.0. The molecule has 1 heterocycles. The predicted octanol–water partition coefficient (Wildman–Crippen LogP) is 3.78. The molecule has 1 aliphatic carbocycles. The number of anilines is 2. The van der Waals surface area contributed by atoms with Gasteiger partial charge in [0.15, 0.2) is 5.13 Å². The normalized spacial score (nSPS) is 14.6. The second-order valence-electron chi connectivity index (χ2n) is 4.98. The molecule has 0 spiro atoms. The van der Waals surface area contributed by atoms with Gasteiger partial charge in [-0.2, -0.15) is 0 Å². The van der Waals surface area contributed by atoms with E-state index in [-0.39, 0.29) is 5.82 Å². The number of thiazole rings is 1. The van der Waals surface area contributed by atoms with Crippen molar-refractivity contribution in [2.75, 3.05) is 11.4 Å². The lowest BCUT2D eigenvalue weighted by Crippen LogP contribution is -2.17. The lowest BCUT2D eigenvalue weighted by atomic mass is 10.2. The number of benzene rings is 1. The quantitative estimate of drug-likeness (QED) is 0.911. The molecule has 0 amide bonds. The minimum absolute atomic E-state index is 0.216. The van der Waals surface area contributed by atoms with E-state index in [1.807, 2.05) is 17.9 Å². The molecule has 3 rings (SSSR count). The van der Waals surface area contributed by atoms with Crippen LogP contribution in [0.2, 0.25) is 0 Å². The number of rotatable bonds is 5. The number of aromatic nitrogens is 1. The average molecular weight is 291 g/mol. The summed E-state index contributed by atoms with van der Waals surface area (Å²) in [5, 5.41) is 0.847. The summed E-state index contributed by atoms with van der Waals surface area (Å²) in [6, 6.07) is 6.83. The van der Waals surface area contributed by atoms with Crippen LogP contribution in [0.5, 0.6) is 0 Å². The molecule has 1 aliphatic rings. The van der Waals surface area contributed by atoms with Gasteiger partial charge in [-0.25, -0.2) is 9.37 Å². The zero-order valence-electron chi connectivity index (χ0n) is 11.5. The van der Waals surface area contributed by atoms with E-state index < -0.39 is 0 Å². The highest BCUT2D eigenvalue weighted by Crippen LogP contribution is 2.44. The van der Waals surface area contributed by atoms with Crippen LogP contribution in [0, 0.1) is 5.82 Å². The Morgan fingerprint density at radius 2 is 2.15 bits per heavy atom. The minimum Gasteiger partial charge on any atom is -0.326 e. The number of halogens is 1.